The SMILES string of the molecule is CCN(c1ccccc1)S(=O)(=O)c1ccc(NCC(=O)O)cc1. The molecule has 0 unspecified atom stereocenters. The zero-order valence-corrected chi connectivity index (χ0v) is 13.5. The van der Waals surface area contributed by atoms with Crippen LogP contribution in [0.2, 0.25) is 0 Å². The number of benzene rings is 2. The van der Waals surface area contributed by atoms with Gasteiger partial charge in [0.2, 0.25) is 0 Å². The van der Waals surface area contributed by atoms with Crippen molar-refractivity contribution in [2.75, 3.05) is 22.7 Å². The van der Waals surface area contributed by atoms with Gasteiger partial charge in [-0.3, -0.25) is 9.10 Å². The molecule has 0 amide bonds. The van der Waals surface area contributed by atoms with Crippen molar-refractivity contribution in [3.63, 3.8) is 0 Å². The average molecular weight is 334 g/mol. The van der Waals surface area contributed by atoms with Crippen molar-refractivity contribution in [1.82, 2.24) is 0 Å². The second-order valence-corrected chi connectivity index (χ2v) is 6.64. The first kappa shape index (κ1) is 16.8. The molecule has 0 heterocycles. The van der Waals surface area contributed by atoms with E-state index in [4.69, 9.17) is 5.11 Å². The zero-order chi connectivity index (χ0) is 16.9. The zero-order valence-electron chi connectivity index (χ0n) is 12.6. The number of nitrogens with one attached hydrogen (secondary N) is 1. The van der Waals surface area contributed by atoms with Crippen molar-refractivity contribution in [3.8, 4) is 0 Å². The Balaban J connectivity index is 2.26. The summed E-state index contributed by atoms with van der Waals surface area (Å²) >= 11 is 0. The monoisotopic (exact) mass is 334 g/mol. The third-order valence-electron chi connectivity index (χ3n) is 3.22. The maximum Gasteiger partial charge on any atom is 0.322 e. The third kappa shape index (κ3) is 4.01. The van der Waals surface area contributed by atoms with E-state index in [9.17, 15) is 13.2 Å². The lowest BCUT2D eigenvalue weighted by Crippen LogP contribution is -2.30. The van der Waals surface area contributed by atoms with E-state index in [0.29, 0.717) is 17.9 Å². The molecule has 7 heteroatoms. The quantitative estimate of drug-likeness (QED) is 0.812. The Bertz CT molecular complexity index is 758. The van der Waals surface area contributed by atoms with Crippen molar-refractivity contribution in [3.05, 3.63) is 54.6 Å². The summed E-state index contributed by atoms with van der Waals surface area (Å²) in [6.07, 6.45) is 0. The largest absolute Gasteiger partial charge is 0.480 e. The van der Waals surface area contributed by atoms with E-state index in [1.165, 1.54) is 16.4 Å². The fourth-order valence-electron chi connectivity index (χ4n) is 2.14. The number of carboxylic acids is 1. The summed E-state index contributed by atoms with van der Waals surface area (Å²) in [5.74, 6) is -0.983. The molecule has 0 saturated heterocycles. The molecule has 2 aromatic rings. The fourth-order valence-corrected chi connectivity index (χ4v) is 3.61. The molecule has 2 N–H and O–H groups in total. The van der Waals surface area contributed by atoms with Crippen molar-refractivity contribution >= 4 is 27.4 Å². The van der Waals surface area contributed by atoms with Crippen LogP contribution < -0.4 is 9.62 Å². The van der Waals surface area contributed by atoms with Crippen LogP contribution >= 0.6 is 0 Å². The van der Waals surface area contributed by atoms with E-state index in [0.717, 1.165) is 0 Å². The van der Waals surface area contributed by atoms with Crippen LogP contribution in [0.3, 0.4) is 0 Å². The molecule has 0 saturated carbocycles. The molecule has 0 radical (unpaired) electrons. The van der Waals surface area contributed by atoms with Crippen molar-refractivity contribution < 1.29 is 18.3 Å². The van der Waals surface area contributed by atoms with E-state index < -0.39 is 16.0 Å². The third-order valence-corrected chi connectivity index (χ3v) is 5.13. The Morgan fingerprint density at radius 1 is 1.09 bits per heavy atom. The Kier molecular flexibility index (Phi) is 5.23. The van der Waals surface area contributed by atoms with E-state index in [-0.39, 0.29) is 11.4 Å². The smallest absolute Gasteiger partial charge is 0.322 e. The van der Waals surface area contributed by atoms with Gasteiger partial charge in [0.05, 0.1) is 10.6 Å². The second-order valence-electron chi connectivity index (χ2n) is 4.78. The molecule has 6 nitrogen and oxygen atoms in total. The van der Waals surface area contributed by atoms with Gasteiger partial charge in [0, 0.05) is 12.2 Å². The number of carboxylic acid groups (broad SMARTS) is 1. The number of anilines is 2. The topological polar surface area (TPSA) is 86.7 Å². The molecular weight excluding hydrogens is 316 g/mol. The highest BCUT2D eigenvalue weighted by Crippen LogP contribution is 2.24. The Morgan fingerprint density at radius 3 is 2.22 bits per heavy atom. The van der Waals surface area contributed by atoms with Gasteiger partial charge in [-0.25, -0.2) is 8.42 Å². The summed E-state index contributed by atoms with van der Waals surface area (Å²) in [7, 11) is -3.66. The molecular formula is C16H18N2O4S. The summed E-state index contributed by atoms with van der Waals surface area (Å²) < 4.78 is 26.8. The van der Waals surface area contributed by atoms with Crippen LogP contribution in [0.15, 0.2) is 59.5 Å². The number of carbonyl (C=O) groups is 1. The van der Waals surface area contributed by atoms with Gasteiger partial charge in [-0.2, -0.15) is 0 Å². The van der Waals surface area contributed by atoms with Crippen LogP contribution in [0, 0.1) is 0 Å². The number of nitrogens with zero attached hydrogens (tertiary/aromatic N) is 1. The molecule has 0 aromatic heterocycles. The lowest BCUT2D eigenvalue weighted by atomic mass is 10.3. The Morgan fingerprint density at radius 2 is 1.70 bits per heavy atom. The molecule has 0 atom stereocenters. The summed E-state index contributed by atoms with van der Waals surface area (Å²) in [6.45, 7) is 1.86. The molecule has 0 aliphatic rings. The van der Waals surface area contributed by atoms with Crippen LogP contribution in [0.1, 0.15) is 6.92 Å². The van der Waals surface area contributed by atoms with Crippen molar-refractivity contribution in [1.29, 1.82) is 0 Å². The van der Waals surface area contributed by atoms with E-state index in [2.05, 4.69) is 5.32 Å². The number of rotatable bonds is 7. The molecule has 2 aromatic carbocycles. The van der Waals surface area contributed by atoms with Crippen LogP contribution in [0.4, 0.5) is 11.4 Å². The highest BCUT2D eigenvalue weighted by Gasteiger charge is 2.23. The second kappa shape index (κ2) is 7.15. The minimum atomic E-state index is -3.66. The molecule has 0 bridgehead atoms. The molecule has 0 spiro atoms. The molecule has 23 heavy (non-hydrogen) atoms. The predicted molar refractivity (Wildman–Crippen MR) is 89.2 cm³/mol. The number of sulfonamides is 1. The molecule has 0 aliphatic carbocycles. The lowest BCUT2D eigenvalue weighted by molar-refractivity contribution is -0.134. The number of para-hydroxylation sites is 1. The summed E-state index contributed by atoms with van der Waals surface area (Å²) in [5, 5.41) is 11.3. The summed E-state index contributed by atoms with van der Waals surface area (Å²) in [6, 6.07) is 14.9. The first-order valence-electron chi connectivity index (χ1n) is 7.08. The summed E-state index contributed by atoms with van der Waals surface area (Å²) in [4.78, 5) is 10.7. The minimum absolute atomic E-state index is 0.157. The van der Waals surface area contributed by atoms with Gasteiger partial charge < -0.3 is 10.4 Å². The highest BCUT2D eigenvalue weighted by atomic mass is 32.2. The van der Waals surface area contributed by atoms with Crippen LogP contribution in [-0.2, 0) is 14.8 Å². The van der Waals surface area contributed by atoms with Gasteiger partial charge in [-0.1, -0.05) is 18.2 Å². The van der Waals surface area contributed by atoms with Gasteiger partial charge in [0.25, 0.3) is 10.0 Å². The maximum absolute atomic E-state index is 12.8. The van der Waals surface area contributed by atoms with Crippen LogP contribution in [-0.4, -0.2) is 32.6 Å². The van der Waals surface area contributed by atoms with E-state index >= 15 is 0 Å². The van der Waals surface area contributed by atoms with Gasteiger partial charge in [0.15, 0.2) is 0 Å². The Hall–Kier alpha value is -2.54. The Labute approximate surface area is 135 Å². The highest BCUT2D eigenvalue weighted by molar-refractivity contribution is 7.92. The standard InChI is InChI=1S/C16H18N2O4S/c1-2-18(14-6-4-3-5-7-14)23(21,22)15-10-8-13(9-11-15)17-12-16(19)20/h3-11,17H,2,12H2,1H3,(H,19,20). The molecule has 2 rings (SSSR count). The maximum atomic E-state index is 12.8. The summed E-state index contributed by atoms with van der Waals surface area (Å²) in [5.41, 5.74) is 1.15. The average Bonchev–Trinajstić information content (AvgIpc) is 2.55. The van der Waals surface area contributed by atoms with Crippen molar-refractivity contribution in [2.24, 2.45) is 0 Å². The number of hydrogen-bond donors (Lipinski definition) is 2. The van der Waals surface area contributed by atoms with E-state index in [1.54, 1.807) is 43.3 Å². The minimum Gasteiger partial charge on any atom is -0.480 e. The predicted octanol–water partition coefficient (Wildman–Crippen LogP) is 2.40. The first-order valence-corrected chi connectivity index (χ1v) is 8.52. The van der Waals surface area contributed by atoms with Gasteiger partial charge >= 0.3 is 5.97 Å². The van der Waals surface area contributed by atoms with Gasteiger partial charge in [-0.15, -0.1) is 0 Å². The van der Waals surface area contributed by atoms with E-state index in [1.807, 2.05) is 6.07 Å². The molecule has 122 valence electrons. The fraction of sp³-hybridized carbons (Fsp3) is 0.188. The van der Waals surface area contributed by atoms with Crippen LogP contribution in [0.25, 0.3) is 0 Å². The normalized spacial score (nSPS) is 11.0. The van der Waals surface area contributed by atoms with Gasteiger partial charge in [-0.05, 0) is 43.3 Å². The van der Waals surface area contributed by atoms with Crippen molar-refractivity contribution in [2.45, 2.75) is 11.8 Å². The van der Waals surface area contributed by atoms with Crippen LogP contribution in [0.5, 0.6) is 0 Å². The first-order chi connectivity index (χ1) is 10.9. The number of hydrogen-bond acceptors (Lipinski definition) is 4. The van der Waals surface area contributed by atoms with Gasteiger partial charge in [0.1, 0.15) is 6.54 Å². The lowest BCUT2D eigenvalue weighted by Gasteiger charge is -2.23. The molecule has 0 aliphatic heterocycles. The molecule has 0 fully saturated rings. The number of aliphatic carboxylic acids is 1.